The minimum Gasteiger partial charge on any atom is -0.365 e. The molecule has 1 amide bonds. The summed E-state index contributed by atoms with van der Waals surface area (Å²) in [4.78, 5) is 14.5. The summed E-state index contributed by atoms with van der Waals surface area (Å²) in [6, 6.07) is 2.62. The van der Waals surface area contributed by atoms with Crippen molar-refractivity contribution < 1.29 is 22.4 Å². The minimum absolute atomic E-state index is 0.141. The van der Waals surface area contributed by atoms with Crippen molar-refractivity contribution in [2.24, 2.45) is 5.73 Å². The van der Waals surface area contributed by atoms with Gasteiger partial charge in [0.25, 0.3) is 5.91 Å². The molecule has 0 aliphatic heterocycles. The number of hydrogen-bond acceptors (Lipinski definition) is 3. The highest BCUT2D eigenvalue weighted by Crippen LogP contribution is 2.23. The zero-order chi connectivity index (χ0) is 13.1. The number of alkyl halides is 4. The summed E-state index contributed by atoms with van der Waals surface area (Å²) in [6.07, 6.45) is -2.58. The first kappa shape index (κ1) is 13.2. The largest absolute Gasteiger partial charge is 0.365 e. The lowest BCUT2D eigenvalue weighted by atomic mass is 10.2. The molecular formula is C9H9F4N3O. The molecule has 3 N–H and O–H groups in total. The molecule has 0 spiro atoms. The third-order valence-electron chi connectivity index (χ3n) is 1.88. The normalized spacial score (nSPS) is 11.6. The molecule has 1 aromatic rings. The number of carbonyl (C=O) groups excluding carboxylic acids is 1. The summed E-state index contributed by atoms with van der Waals surface area (Å²) in [5.41, 5.74) is 4.82. The number of hydrogen-bond donors (Lipinski definition) is 2. The highest BCUT2D eigenvalue weighted by molar-refractivity contribution is 5.97. The Hall–Kier alpha value is -1.86. The van der Waals surface area contributed by atoms with Crippen molar-refractivity contribution in [1.29, 1.82) is 0 Å². The molecule has 0 saturated heterocycles. The predicted molar refractivity (Wildman–Crippen MR) is 52.2 cm³/mol. The maximum absolute atomic E-state index is 12.6. The molecular weight excluding hydrogens is 242 g/mol. The van der Waals surface area contributed by atoms with Crippen LogP contribution in [-0.4, -0.2) is 29.8 Å². The smallest absolute Gasteiger partial charge is 0.324 e. The quantitative estimate of drug-likeness (QED) is 0.779. The maximum atomic E-state index is 12.6. The van der Waals surface area contributed by atoms with Gasteiger partial charge in [0.1, 0.15) is 5.82 Å². The van der Waals surface area contributed by atoms with Crippen molar-refractivity contribution in [3.05, 3.63) is 23.9 Å². The van der Waals surface area contributed by atoms with E-state index in [0.29, 0.717) is 0 Å². The first-order valence-electron chi connectivity index (χ1n) is 4.49. The molecule has 0 bridgehead atoms. The Bertz CT molecular complexity index is 411. The molecule has 0 aliphatic rings. The van der Waals surface area contributed by atoms with Crippen LogP contribution in [0.25, 0.3) is 0 Å². The van der Waals surface area contributed by atoms with Gasteiger partial charge in [0.15, 0.2) is 0 Å². The van der Waals surface area contributed by atoms with E-state index in [1.54, 1.807) is 0 Å². The van der Waals surface area contributed by atoms with Crippen molar-refractivity contribution in [3.63, 3.8) is 0 Å². The van der Waals surface area contributed by atoms with Crippen LogP contribution in [0, 0.1) is 0 Å². The number of anilines is 1. The number of halogens is 4. The van der Waals surface area contributed by atoms with E-state index in [1.807, 2.05) is 5.32 Å². The fourth-order valence-electron chi connectivity index (χ4n) is 1.02. The van der Waals surface area contributed by atoms with Crippen LogP contribution in [0.4, 0.5) is 23.4 Å². The standard InChI is InChI=1S/C9H9F4N3O/c10-8(11)9(12,13)4-16-7-5(6(14)17)2-1-3-15-7/h1-3,8H,4H2,(H2,14,17)(H,15,16). The summed E-state index contributed by atoms with van der Waals surface area (Å²) in [6.45, 7) is -1.33. The van der Waals surface area contributed by atoms with Crippen LogP contribution in [0.5, 0.6) is 0 Å². The van der Waals surface area contributed by atoms with E-state index in [1.165, 1.54) is 18.3 Å². The Morgan fingerprint density at radius 3 is 2.71 bits per heavy atom. The number of nitrogens with two attached hydrogens (primary N) is 1. The molecule has 8 heteroatoms. The van der Waals surface area contributed by atoms with Gasteiger partial charge in [-0.3, -0.25) is 4.79 Å². The lowest BCUT2D eigenvalue weighted by Gasteiger charge is -2.16. The van der Waals surface area contributed by atoms with Crippen molar-refractivity contribution in [2.75, 3.05) is 11.9 Å². The van der Waals surface area contributed by atoms with Crippen LogP contribution < -0.4 is 11.1 Å². The number of rotatable bonds is 5. The maximum Gasteiger partial charge on any atom is 0.324 e. The molecule has 0 radical (unpaired) electrons. The summed E-state index contributed by atoms with van der Waals surface area (Å²) >= 11 is 0. The molecule has 0 unspecified atom stereocenters. The number of carbonyl (C=O) groups is 1. The molecule has 0 saturated carbocycles. The van der Waals surface area contributed by atoms with E-state index < -0.39 is 24.8 Å². The Balaban J connectivity index is 2.79. The molecule has 0 atom stereocenters. The average molecular weight is 251 g/mol. The van der Waals surface area contributed by atoms with Gasteiger partial charge < -0.3 is 11.1 Å². The van der Waals surface area contributed by atoms with Crippen molar-refractivity contribution in [1.82, 2.24) is 4.98 Å². The number of nitrogens with zero attached hydrogens (tertiary/aromatic N) is 1. The fraction of sp³-hybridized carbons (Fsp3) is 0.333. The Labute approximate surface area is 93.8 Å². The highest BCUT2D eigenvalue weighted by atomic mass is 19.3. The number of amides is 1. The average Bonchev–Trinajstić information content (AvgIpc) is 2.26. The summed E-state index contributed by atoms with van der Waals surface area (Å²) < 4.78 is 49.0. The van der Waals surface area contributed by atoms with Crippen LogP contribution >= 0.6 is 0 Å². The highest BCUT2D eigenvalue weighted by Gasteiger charge is 2.40. The second-order valence-electron chi connectivity index (χ2n) is 3.18. The van der Waals surface area contributed by atoms with E-state index in [0.717, 1.165) is 0 Å². The van der Waals surface area contributed by atoms with Crippen molar-refractivity contribution in [3.8, 4) is 0 Å². The molecule has 17 heavy (non-hydrogen) atoms. The molecule has 1 heterocycles. The molecule has 1 rings (SSSR count). The Morgan fingerprint density at radius 2 is 2.18 bits per heavy atom. The van der Waals surface area contributed by atoms with Gasteiger partial charge in [-0.15, -0.1) is 0 Å². The topological polar surface area (TPSA) is 68.0 Å². The van der Waals surface area contributed by atoms with Crippen LogP contribution in [0.15, 0.2) is 18.3 Å². The number of aromatic nitrogens is 1. The van der Waals surface area contributed by atoms with E-state index in [9.17, 15) is 22.4 Å². The Morgan fingerprint density at radius 1 is 1.53 bits per heavy atom. The Kier molecular flexibility index (Phi) is 3.87. The van der Waals surface area contributed by atoms with Crippen molar-refractivity contribution in [2.45, 2.75) is 12.3 Å². The van der Waals surface area contributed by atoms with Crippen LogP contribution in [0.3, 0.4) is 0 Å². The number of primary amides is 1. The third-order valence-corrected chi connectivity index (χ3v) is 1.88. The van der Waals surface area contributed by atoms with Crippen molar-refractivity contribution >= 4 is 11.7 Å². The molecule has 1 aromatic heterocycles. The van der Waals surface area contributed by atoms with Crippen LogP contribution in [0.2, 0.25) is 0 Å². The lowest BCUT2D eigenvalue weighted by molar-refractivity contribution is -0.117. The second-order valence-corrected chi connectivity index (χ2v) is 3.18. The van der Waals surface area contributed by atoms with Gasteiger partial charge in [0.2, 0.25) is 0 Å². The number of nitrogens with one attached hydrogen (secondary N) is 1. The van der Waals surface area contributed by atoms with Gasteiger partial charge in [-0.1, -0.05) is 0 Å². The van der Waals surface area contributed by atoms with Crippen LogP contribution in [-0.2, 0) is 0 Å². The summed E-state index contributed by atoms with van der Waals surface area (Å²) in [7, 11) is 0. The fourth-order valence-corrected chi connectivity index (χ4v) is 1.02. The SMILES string of the molecule is NC(=O)c1cccnc1NCC(F)(F)C(F)F. The molecule has 0 fully saturated rings. The molecule has 0 aliphatic carbocycles. The van der Waals surface area contributed by atoms with Gasteiger partial charge >= 0.3 is 12.3 Å². The second kappa shape index (κ2) is 4.98. The van der Waals surface area contributed by atoms with Gasteiger partial charge in [-0.2, -0.15) is 8.78 Å². The van der Waals surface area contributed by atoms with Crippen LogP contribution in [0.1, 0.15) is 10.4 Å². The zero-order valence-corrected chi connectivity index (χ0v) is 8.46. The van der Waals surface area contributed by atoms with Gasteiger partial charge in [0, 0.05) is 6.20 Å². The third kappa shape index (κ3) is 3.30. The first-order valence-corrected chi connectivity index (χ1v) is 4.49. The monoisotopic (exact) mass is 251 g/mol. The predicted octanol–water partition coefficient (Wildman–Crippen LogP) is 1.49. The lowest BCUT2D eigenvalue weighted by Crippen LogP contribution is -2.35. The van der Waals surface area contributed by atoms with Gasteiger partial charge in [-0.05, 0) is 12.1 Å². The van der Waals surface area contributed by atoms with Gasteiger partial charge in [-0.25, -0.2) is 13.8 Å². The molecule has 0 aromatic carbocycles. The zero-order valence-electron chi connectivity index (χ0n) is 8.46. The summed E-state index contributed by atoms with van der Waals surface area (Å²) in [5, 5.41) is 1.97. The number of pyridine rings is 1. The van der Waals surface area contributed by atoms with E-state index in [2.05, 4.69) is 4.98 Å². The minimum atomic E-state index is -4.20. The molecule has 94 valence electrons. The first-order chi connectivity index (χ1) is 7.84. The van der Waals surface area contributed by atoms with E-state index in [4.69, 9.17) is 5.73 Å². The van der Waals surface area contributed by atoms with E-state index in [-0.39, 0.29) is 11.4 Å². The van der Waals surface area contributed by atoms with Gasteiger partial charge in [0.05, 0.1) is 12.1 Å². The summed E-state index contributed by atoms with van der Waals surface area (Å²) in [5.74, 6) is -5.34. The van der Waals surface area contributed by atoms with E-state index >= 15 is 0 Å². The molecule has 4 nitrogen and oxygen atoms in total.